The zero-order chi connectivity index (χ0) is 15.7. The smallest absolute Gasteiger partial charge is 0.248 e. The molecule has 0 aromatic carbocycles. The molecule has 1 saturated carbocycles. The zero-order valence-electron chi connectivity index (χ0n) is 12.7. The van der Waals surface area contributed by atoms with Gasteiger partial charge in [-0.2, -0.15) is 0 Å². The van der Waals surface area contributed by atoms with E-state index in [1.165, 1.54) is 4.90 Å². The molecule has 2 rings (SSSR count). The highest BCUT2D eigenvalue weighted by atomic mass is 32.2. The molecule has 2 fully saturated rings. The highest BCUT2D eigenvalue weighted by Crippen LogP contribution is 2.31. The van der Waals surface area contributed by atoms with Crippen molar-refractivity contribution in [3.05, 3.63) is 0 Å². The van der Waals surface area contributed by atoms with Crippen LogP contribution in [-0.4, -0.2) is 54.8 Å². The number of hydrogen-bond donors (Lipinski definition) is 1. The van der Waals surface area contributed by atoms with Gasteiger partial charge in [-0.05, 0) is 26.7 Å². The quantitative estimate of drug-likeness (QED) is 0.817. The van der Waals surface area contributed by atoms with Crippen LogP contribution in [0.3, 0.4) is 0 Å². The van der Waals surface area contributed by atoms with Crippen molar-refractivity contribution < 1.29 is 18.0 Å². The van der Waals surface area contributed by atoms with E-state index in [9.17, 15) is 18.0 Å². The molecule has 1 spiro atoms. The van der Waals surface area contributed by atoms with Crippen LogP contribution in [0, 0.1) is 0 Å². The van der Waals surface area contributed by atoms with E-state index in [0.717, 1.165) is 19.3 Å². The molecule has 0 bridgehead atoms. The third-order valence-electron chi connectivity index (χ3n) is 4.48. The summed E-state index contributed by atoms with van der Waals surface area (Å²) < 4.78 is 23.8. The van der Waals surface area contributed by atoms with E-state index < -0.39 is 20.6 Å². The van der Waals surface area contributed by atoms with E-state index in [1.54, 1.807) is 13.8 Å². The van der Waals surface area contributed by atoms with Crippen LogP contribution < -0.4 is 5.32 Å². The Morgan fingerprint density at radius 3 is 2.38 bits per heavy atom. The van der Waals surface area contributed by atoms with E-state index in [4.69, 9.17) is 0 Å². The van der Waals surface area contributed by atoms with E-state index in [0.29, 0.717) is 12.8 Å². The van der Waals surface area contributed by atoms with Gasteiger partial charge in [-0.1, -0.05) is 19.3 Å². The number of sulfone groups is 1. The monoisotopic (exact) mass is 316 g/mol. The topological polar surface area (TPSA) is 83.6 Å². The fourth-order valence-corrected chi connectivity index (χ4v) is 4.00. The van der Waals surface area contributed by atoms with Gasteiger partial charge in [0.1, 0.15) is 5.54 Å². The summed E-state index contributed by atoms with van der Waals surface area (Å²) in [7, 11) is -3.21. The van der Waals surface area contributed by atoms with Crippen LogP contribution in [0.4, 0.5) is 0 Å². The van der Waals surface area contributed by atoms with Crippen molar-refractivity contribution in [3.8, 4) is 0 Å². The van der Waals surface area contributed by atoms with E-state index in [1.807, 2.05) is 0 Å². The number of piperazine rings is 1. The molecule has 21 heavy (non-hydrogen) atoms. The Kier molecular flexibility index (Phi) is 4.60. The number of hydrogen-bond acceptors (Lipinski definition) is 4. The number of amides is 2. The van der Waals surface area contributed by atoms with Gasteiger partial charge in [0.15, 0.2) is 9.84 Å². The average Bonchev–Trinajstić information content (AvgIpc) is 2.42. The van der Waals surface area contributed by atoms with Crippen LogP contribution in [0.2, 0.25) is 0 Å². The lowest BCUT2D eigenvalue weighted by Crippen LogP contribution is -2.67. The normalized spacial score (nSPS) is 22.7. The molecule has 0 aromatic heterocycles. The van der Waals surface area contributed by atoms with Gasteiger partial charge in [-0.3, -0.25) is 9.59 Å². The number of rotatable bonds is 4. The second kappa shape index (κ2) is 5.94. The lowest BCUT2D eigenvalue weighted by molar-refractivity contribution is -0.151. The molecular formula is C14H24N2O4S. The molecule has 2 aliphatic rings. The van der Waals surface area contributed by atoms with Crippen molar-refractivity contribution in [2.75, 3.05) is 18.8 Å². The molecule has 1 aliphatic carbocycles. The summed E-state index contributed by atoms with van der Waals surface area (Å²) in [6.07, 6.45) is 4.23. The molecule has 2 amide bonds. The predicted molar refractivity (Wildman–Crippen MR) is 79.5 cm³/mol. The highest BCUT2D eigenvalue weighted by Gasteiger charge is 2.47. The summed E-state index contributed by atoms with van der Waals surface area (Å²) in [5.41, 5.74) is -0.783. The van der Waals surface area contributed by atoms with Gasteiger partial charge in [0.2, 0.25) is 11.8 Å². The maximum atomic E-state index is 12.7. The lowest BCUT2D eigenvalue weighted by atomic mass is 9.79. The number of carbonyl (C=O) groups is 2. The van der Waals surface area contributed by atoms with Crippen molar-refractivity contribution in [1.82, 2.24) is 10.2 Å². The summed E-state index contributed by atoms with van der Waals surface area (Å²) >= 11 is 0. The first-order valence-electron chi connectivity index (χ1n) is 7.59. The van der Waals surface area contributed by atoms with Crippen LogP contribution in [0.25, 0.3) is 0 Å². The Hall–Kier alpha value is -1.11. The van der Waals surface area contributed by atoms with Gasteiger partial charge in [0.05, 0.1) is 17.5 Å². The van der Waals surface area contributed by atoms with Gasteiger partial charge in [-0.15, -0.1) is 0 Å². The summed E-state index contributed by atoms with van der Waals surface area (Å²) in [4.78, 5) is 26.0. The van der Waals surface area contributed by atoms with Crippen molar-refractivity contribution in [3.63, 3.8) is 0 Å². The largest absolute Gasteiger partial charge is 0.340 e. The van der Waals surface area contributed by atoms with Crippen molar-refractivity contribution in [2.24, 2.45) is 0 Å². The second-order valence-electron chi connectivity index (χ2n) is 6.33. The molecule has 0 atom stereocenters. The second-order valence-corrected chi connectivity index (χ2v) is 9.01. The van der Waals surface area contributed by atoms with Crippen LogP contribution in [0.1, 0.15) is 46.0 Å². The maximum Gasteiger partial charge on any atom is 0.248 e. The Morgan fingerprint density at radius 1 is 1.19 bits per heavy atom. The van der Waals surface area contributed by atoms with Crippen molar-refractivity contribution >= 4 is 21.7 Å². The number of carbonyl (C=O) groups excluding carboxylic acids is 2. The van der Waals surface area contributed by atoms with Crippen molar-refractivity contribution in [1.29, 1.82) is 0 Å². The average molecular weight is 316 g/mol. The maximum absolute atomic E-state index is 12.7. The molecule has 1 heterocycles. The lowest BCUT2D eigenvalue weighted by Gasteiger charge is -2.44. The fourth-order valence-electron chi connectivity index (χ4n) is 3.06. The third kappa shape index (κ3) is 3.39. The zero-order valence-corrected chi connectivity index (χ0v) is 13.5. The number of nitrogens with one attached hydrogen (secondary N) is 1. The summed E-state index contributed by atoms with van der Waals surface area (Å²) in [6, 6.07) is 0. The summed E-state index contributed by atoms with van der Waals surface area (Å²) in [5, 5.41) is 2.39. The molecule has 0 radical (unpaired) electrons. The van der Waals surface area contributed by atoms with E-state index in [-0.39, 0.29) is 30.7 Å². The van der Waals surface area contributed by atoms with Gasteiger partial charge in [0, 0.05) is 6.54 Å². The predicted octanol–water partition coefficient (Wildman–Crippen LogP) is 0.471. The Labute approximate surface area is 126 Å². The number of nitrogens with zero attached hydrogens (tertiary/aromatic N) is 1. The summed E-state index contributed by atoms with van der Waals surface area (Å²) in [6.45, 7) is 3.33. The first kappa shape index (κ1) is 16.3. The van der Waals surface area contributed by atoms with Gasteiger partial charge in [0.25, 0.3) is 0 Å². The minimum absolute atomic E-state index is 0.0335. The summed E-state index contributed by atoms with van der Waals surface area (Å²) in [5.74, 6) is -0.376. The van der Waals surface area contributed by atoms with Crippen LogP contribution in [0.5, 0.6) is 0 Å². The van der Waals surface area contributed by atoms with E-state index >= 15 is 0 Å². The minimum Gasteiger partial charge on any atom is -0.340 e. The molecule has 7 heteroatoms. The SMILES string of the molecule is CC(C)S(=O)(=O)CCN1CC(=O)NC2(CCCCC2)C1=O. The van der Waals surface area contributed by atoms with Gasteiger partial charge >= 0.3 is 0 Å². The molecule has 1 N–H and O–H groups in total. The van der Waals surface area contributed by atoms with E-state index in [2.05, 4.69) is 5.32 Å². The van der Waals surface area contributed by atoms with Gasteiger partial charge < -0.3 is 10.2 Å². The van der Waals surface area contributed by atoms with Crippen LogP contribution in [0.15, 0.2) is 0 Å². The molecule has 120 valence electrons. The van der Waals surface area contributed by atoms with Crippen LogP contribution >= 0.6 is 0 Å². The highest BCUT2D eigenvalue weighted by molar-refractivity contribution is 7.92. The molecule has 1 saturated heterocycles. The van der Waals surface area contributed by atoms with Gasteiger partial charge in [-0.25, -0.2) is 8.42 Å². The first-order chi connectivity index (χ1) is 9.77. The molecule has 1 aliphatic heterocycles. The third-order valence-corrected chi connectivity index (χ3v) is 6.67. The van der Waals surface area contributed by atoms with Crippen molar-refractivity contribution in [2.45, 2.75) is 56.7 Å². The fraction of sp³-hybridized carbons (Fsp3) is 0.857. The molecule has 0 aromatic rings. The Balaban J connectivity index is 2.09. The first-order valence-corrected chi connectivity index (χ1v) is 9.30. The minimum atomic E-state index is -3.21. The molecular weight excluding hydrogens is 292 g/mol. The molecule has 6 nitrogen and oxygen atoms in total. The Morgan fingerprint density at radius 2 is 1.81 bits per heavy atom. The molecule has 0 unspecified atom stereocenters. The standard InChI is InChI=1S/C14H24N2O4S/c1-11(2)21(19,20)9-8-16-10-12(17)15-14(13(16)18)6-4-3-5-7-14/h11H,3-10H2,1-2H3,(H,15,17). The van der Waals surface area contributed by atoms with Crippen LogP contribution in [-0.2, 0) is 19.4 Å². The Bertz CT molecular complexity index is 521.